The second kappa shape index (κ2) is 7.02. The van der Waals surface area contributed by atoms with Gasteiger partial charge >= 0.3 is 0 Å². The van der Waals surface area contributed by atoms with Gasteiger partial charge in [-0.05, 0) is 38.3 Å². The molecule has 2 heterocycles. The van der Waals surface area contributed by atoms with Gasteiger partial charge in [0.25, 0.3) is 5.91 Å². The molecule has 0 radical (unpaired) electrons. The van der Waals surface area contributed by atoms with Gasteiger partial charge in [-0.15, -0.1) is 0 Å². The highest BCUT2D eigenvalue weighted by atomic mass is 16.1. The SMILES string of the molecule is CCCn1ncc(C(=O)N[C@@H](C)Cc2cccnc2)c1C. The number of amides is 1. The highest BCUT2D eigenvalue weighted by Crippen LogP contribution is 2.09. The lowest BCUT2D eigenvalue weighted by atomic mass is 10.1. The Labute approximate surface area is 125 Å². The number of carbonyl (C=O) groups is 1. The van der Waals surface area contributed by atoms with Crippen LogP contribution >= 0.6 is 0 Å². The molecule has 1 atom stereocenters. The molecule has 0 aromatic carbocycles. The molecule has 2 aromatic heterocycles. The second-order valence-corrected chi connectivity index (χ2v) is 5.31. The van der Waals surface area contributed by atoms with E-state index in [1.807, 2.05) is 36.9 Å². The number of aryl methyl sites for hydroxylation is 1. The van der Waals surface area contributed by atoms with Gasteiger partial charge in [-0.2, -0.15) is 5.10 Å². The van der Waals surface area contributed by atoms with E-state index in [1.165, 1.54) is 0 Å². The molecule has 2 rings (SSSR count). The maximum absolute atomic E-state index is 12.3. The normalized spacial score (nSPS) is 12.1. The zero-order valence-electron chi connectivity index (χ0n) is 12.8. The van der Waals surface area contributed by atoms with Gasteiger partial charge in [0.05, 0.1) is 11.8 Å². The van der Waals surface area contributed by atoms with Gasteiger partial charge in [0.2, 0.25) is 0 Å². The molecule has 0 aliphatic carbocycles. The molecule has 112 valence electrons. The van der Waals surface area contributed by atoms with Gasteiger partial charge in [0.1, 0.15) is 0 Å². The highest BCUT2D eigenvalue weighted by molar-refractivity contribution is 5.95. The largest absolute Gasteiger partial charge is 0.349 e. The quantitative estimate of drug-likeness (QED) is 0.886. The summed E-state index contributed by atoms with van der Waals surface area (Å²) in [5.41, 5.74) is 2.69. The fourth-order valence-electron chi connectivity index (χ4n) is 2.33. The third kappa shape index (κ3) is 3.90. The topological polar surface area (TPSA) is 59.8 Å². The first-order valence-electron chi connectivity index (χ1n) is 7.34. The van der Waals surface area contributed by atoms with Crippen LogP contribution < -0.4 is 5.32 Å². The lowest BCUT2D eigenvalue weighted by Crippen LogP contribution is -2.34. The van der Waals surface area contributed by atoms with Crippen LogP contribution in [-0.2, 0) is 13.0 Å². The molecule has 0 saturated heterocycles. The van der Waals surface area contributed by atoms with Crippen molar-refractivity contribution in [1.82, 2.24) is 20.1 Å². The molecule has 0 saturated carbocycles. The maximum Gasteiger partial charge on any atom is 0.254 e. The molecule has 21 heavy (non-hydrogen) atoms. The summed E-state index contributed by atoms with van der Waals surface area (Å²) in [6.07, 6.45) is 6.99. The van der Waals surface area contributed by atoms with E-state index in [9.17, 15) is 4.79 Å². The molecular formula is C16H22N4O. The average molecular weight is 286 g/mol. The third-order valence-corrected chi connectivity index (χ3v) is 3.43. The fourth-order valence-corrected chi connectivity index (χ4v) is 2.33. The summed E-state index contributed by atoms with van der Waals surface area (Å²) in [7, 11) is 0. The average Bonchev–Trinajstić information content (AvgIpc) is 2.82. The first kappa shape index (κ1) is 15.2. The predicted octanol–water partition coefficient (Wildman–Crippen LogP) is 2.36. The van der Waals surface area contributed by atoms with Crippen LogP contribution in [0.1, 0.15) is 41.9 Å². The Kier molecular flexibility index (Phi) is 5.09. The lowest BCUT2D eigenvalue weighted by molar-refractivity contribution is 0.0939. The minimum atomic E-state index is -0.0637. The summed E-state index contributed by atoms with van der Waals surface area (Å²) in [6, 6.07) is 3.97. The molecule has 2 aromatic rings. The number of aromatic nitrogens is 3. The molecule has 0 fully saturated rings. The monoisotopic (exact) mass is 286 g/mol. The zero-order valence-corrected chi connectivity index (χ0v) is 12.8. The third-order valence-electron chi connectivity index (χ3n) is 3.43. The van der Waals surface area contributed by atoms with Gasteiger partial charge in [0.15, 0.2) is 0 Å². The number of pyridine rings is 1. The minimum Gasteiger partial charge on any atom is -0.349 e. The number of nitrogens with zero attached hydrogens (tertiary/aromatic N) is 3. The second-order valence-electron chi connectivity index (χ2n) is 5.31. The molecule has 0 aliphatic heterocycles. The van der Waals surface area contributed by atoms with Crippen molar-refractivity contribution in [2.45, 2.75) is 46.2 Å². The molecule has 0 bridgehead atoms. The van der Waals surface area contributed by atoms with Crippen molar-refractivity contribution < 1.29 is 4.79 Å². The molecule has 0 spiro atoms. The summed E-state index contributed by atoms with van der Waals surface area (Å²) in [5, 5.41) is 7.28. The molecule has 0 unspecified atom stereocenters. The summed E-state index contributed by atoms with van der Waals surface area (Å²) in [5.74, 6) is -0.0637. The van der Waals surface area contributed by atoms with E-state index >= 15 is 0 Å². The van der Waals surface area contributed by atoms with Gasteiger partial charge < -0.3 is 5.32 Å². The molecule has 0 aliphatic rings. The van der Waals surface area contributed by atoms with Gasteiger partial charge in [-0.25, -0.2) is 0 Å². The smallest absolute Gasteiger partial charge is 0.254 e. The van der Waals surface area contributed by atoms with E-state index in [0.717, 1.165) is 30.6 Å². The van der Waals surface area contributed by atoms with Crippen LogP contribution in [0.15, 0.2) is 30.7 Å². The van der Waals surface area contributed by atoms with Crippen LogP contribution in [0.3, 0.4) is 0 Å². The van der Waals surface area contributed by atoms with Crippen molar-refractivity contribution >= 4 is 5.91 Å². The molecule has 1 amide bonds. The van der Waals surface area contributed by atoms with Crippen molar-refractivity contribution in [2.24, 2.45) is 0 Å². The number of carbonyl (C=O) groups excluding carboxylic acids is 1. The molecule has 5 heteroatoms. The van der Waals surface area contributed by atoms with Crippen molar-refractivity contribution in [3.63, 3.8) is 0 Å². The van der Waals surface area contributed by atoms with Gasteiger partial charge in [-0.3, -0.25) is 14.5 Å². The molecular weight excluding hydrogens is 264 g/mol. The van der Waals surface area contributed by atoms with E-state index in [0.29, 0.717) is 5.56 Å². The zero-order chi connectivity index (χ0) is 15.2. The standard InChI is InChI=1S/C16H22N4O/c1-4-8-20-13(3)15(11-18-20)16(21)19-12(2)9-14-6-5-7-17-10-14/h5-7,10-12H,4,8-9H2,1-3H3,(H,19,21)/t12-/m0/s1. The first-order chi connectivity index (χ1) is 10.1. The molecule has 5 nitrogen and oxygen atoms in total. The van der Waals surface area contributed by atoms with Gasteiger partial charge in [-0.1, -0.05) is 13.0 Å². The summed E-state index contributed by atoms with van der Waals surface area (Å²) in [4.78, 5) is 16.4. The highest BCUT2D eigenvalue weighted by Gasteiger charge is 2.16. The van der Waals surface area contributed by atoms with E-state index in [4.69, 9.17) is 0 Å². The number of rotatable bonds is 6. The van der Waals surface area contributed by atoms with Crippen LogP contribution in [0.2, 0.25) is 0 Å². The summed E-state index contributed by atoms with van der Waals surface area (Å²) >= 11 is 0. The Morgan fingerprint density at radius 2 is 2.24 bits per heavy atom. The summed E-state index contributed by atoms with van der Waals surface area (Å²) in [6.45, 7) is 6.86. The van der Waals surface area contributed by atoms with Crippen LogP contribution in [0.25, 0.3) is 0 Å². The van der Waals surface area contributed by atoms with Crippen LogP contribution in [-0.4, -0.2) is 26.7 Å². The number of nitrogens with one attached hydrogen (secondary N) is 1. The fraction of sp³-hybridized carbons (Fsp3) is 0.438. The van der Waals surface area contributed by atoms with E-state index in [1.54, 1.807) is 12.4 Å². The lowest BCUT2D eigenvalue weighted by Gasteiger charge is -2.13. The minimum absolute atomic E-state index is 0.0515. The Morgan fingerprint density at radius 3 is 2.90 bits per heavy atom. The Morgan fingerprint density at radius 1 is 1.43 bits per heavy atom. The number of hydrogen-bond acceptors (Lipinski definition) is 3. The Balaban J connectivity index is 1.98. The first-order valence-corrected chi connectivity index (χ1v) is 7.34. The Hall–Kier alpha value is -2.17. The van der Waals surface area contributed by atoms with Crippen LogP contribution in [0.4, 0.5) is 0 Å². The van der Waals surface area contributed by atoms with Gasteiger partial charge in [0, 0.05) is 30.7 Å². The molecule has 1 N–H and O–H groups in total. The Bertz CT molecular complexity index is 592. The van der Waals surface area contributed by atoms with Crippen LogP contribution in [0.5, 0.6) is 0 Å². The maximum atomic E-state index is 12.3. The predicted molar refractivity (Wildman–Crippen MR) is 82.1 cm³/mol. The van der Waals surface area contributed by atoms with Crippen molar-refractivity contribution in [3.8, 4) is 0 Å². The van der Waals surface area contributed by atoms with Crippen molar-refractivity contribution in [2.75, 3.05) is 0 Å². The van der Waals surface area contributed by atoms with Crippen molar-refractivity contribution in [3.05, 3.63) is 47.5 Å². The van der Waals surface area contributed by atoms with E-state index in [-0.39, 0.29) is 11.9 Å². The van der Waals surface area contributed by atoms with Crippen LogP contribution in [0, 0.1) is 6.92 Å². The van der Waals surface area contributed by atoms with E-state index in [2.05, 4.69) is 22.3 Å². The van der Waals surface area contributed by atoms with Crippen molar-refractivity contribution in [1.29, 1.82) is 0 Å². The van der Waals surface area contributed by atoms with E-state index < -0.39 is 0 Å². The summed E-state index contributed by atoms with van der Waals surface area (Å²) < 4.78 is 1.88. The number of hydrogen-bond donors (Lipinski definition) is 1.